The van der Waals surface area contributed by atoms with Crippen molar-refractivity contribution in [3.63, 3.8) is 0 Å². The second kappa shape index (κ2) is 5.35. The zero-order valence-corrected chi connectivity index (χ0v) is 13.1. The lowest BCUT2D eigenvalue weighted by molar-refractivity contribution is 0.0661. The second-order valence-corrected chi connectivity index (χ2v) is 6.49. The Morgan fingerprint density at radius 1 is 1.24 bits per heavy atom. The van der Waals surface area contributed by atoms with Gasteiger partial charge in [-0.3, -0.25) is 0 Å². The molecular formula is C17H21NO3. The van der Waals surface area contributed by atoms with Crippen LogP contribution in [0.5, 0.6) is 0 Å². The summed E-state index contributed by atoms with van der Waals surface area (Å²) in [4.78, 5) is 15.7. The third-order valence-corrected chi connectivity index (χ3v) is 3.36. The Morgan fingerprint density at radius 2 is 1.86 bits per heavy atom. The molecule has 0 atom stereocenters. The summed E-state index contributed by atoms with van der Waals surface area (Å²) in [5.74, 6) is -0.772. The minimum atomic E-state index is -1.08. The predicted octanol–water partition coefficient (Wildman–Crippen LogP) is 4.46. The maximum Gasteiger partial charge on any atom is 0.373 e. The summed E-state index contributed by atoms with van der Waals surface area (Å²) in [6.07, 6.45) is 0. The molecule has 0 aliphatic heterocycles. The molecule has 112 valence electrons. The van der Waals surface area contributed by atoms with E-state index < -0.39 is 5.97 Å². The quantitative estimate of drug-likeness (QED) is 0.905. The van der Waals surface area contributed by atoms with Crippen molar-refractivity contribution in [3.05, 3.63) is 41.3 Å². The first-order valence-electron chi connectivity index (χ1n) is 7.05. The summed E-state index contributed by atoms with van der Waals surface area (Å²) >= 11 is 0. The van der Waals surface area contributed by atoms with Gasteiger partial charge < -0.3 is 9.52 Å². The van der Waals surface area contributed by atoms with Crippen LogP contribution in [-0.2, 0) is 5.41 Å². The Balaban J connectivity index is 2.64. The van der Waals surface area contributed by atoms with E-state index in [1.54, 1.807) is 0 Å². The molecule has 2 aromatic rings. The van der Waals surface area contributed by atoms with Gasteiger partial charge in [0.2, 0.25) is 11.7 Å². The van der Waals surface area contributed by atoms with Gasteiger partial charge in [-0.15, -0.1) is 0 Å². The number of benzene rings is 1. The van der Waals surface area contributed by atoms with Crippen LogP contribution in [0, 0.1) is 0 Å². The van der Waals surface area contributed by atoms with Gasteiger partial charge in [-0.2, -0.15) is 0 Å². The fourth-order valence-corrected chi connectivity index (χ4v) is 2.32. The van der Waals surface area contributed by atoms with E-state index in [4.69, 9.17) is 4.42 Å². The fraction of sp³-hybridized carbons (Fsp3) is 0.412. The third-order valence-electron chi connectivity index (χ3n) is 3.36. The second-order valence-electron chi connectivity index (χ2n) is 6.49. The molecule has 0 aliphatic rings. The molecule has 0 saturated carbocycles. The van der Waals surface area contributed by atoms with Crippen LogP contribution in [0.3, 0.4) is 0 Å². The molecule has 0 saturated heterocycles. The number of hydrogen-bond donors (Lipinski definition) is 1. The van der Waals surface area contributed by atoms with Gasteiger partial charge in [-0.25, -0.2) is 9.78 Å². The molecule has 1 N–H and O–H groups in total. The highest BCUT2D eigenvalue weighted by Gasteiger charge is 2.26. The van der Waals surface area contributed by atoms with Crippen LogP contribution in [0.4, 0.5) is 0 Å². The molecule has 2 rings (SSSR count). The standard InChI is InChI=1S/C17H21NO3/c1-10(2)13-14(16(19)20)21-15(18-13)11-8-6-7-9-12(11)17(3,4)5/h6-10H,1-5H3,(H,19,20). The molecule has 21 heavy (non-hydrogen) atoms. The summed E-state index contributed by atoms with van der Waals surface area (Å²) in [6.45, 7) is 10.1. The van der Waals surface area contributed by atoms with Crippen LogP contribution in [0.15, 0.2) is 28.7 Å². The Hall–Kier alpha value is -2.10. The number of hydrogen-bond acceptors (Lipinski definition) is 3. The summed E-state index contributed by atoms with van der Waals surface area (Å²) < 4.78 is 5.55. The largest absolute Gasteiger partial charge is 0.475 e. The smallest absolute Gasteiger partial charge is 0.373 e. The van der Waals surface area contributed by atoms with E-state index in [-0.39, 0.29) is 17.1 Å². The normalized spacial score (nSPS) is 11.9. The molecule has 0 spiro atoms. The van der Waals surface area contributed by atoms with Crippen molar-refractivity contribution in [1.82, 2.24) is 4.98 Å². The minimum absolute atomic E-state index is 0.00426. The molecular weight excluding hydrogens is 266 g/mol. The van der Waals surface area contributed by atoms with Crippen molar-refractivity contribution < 1.29 is 14.3 Å². The van der Waals surface area contributed by atoms with Crippen LogP contribution in [-0.4, -0.2) is 16.1 Å². The number of carbonyl (C=O) groups is 1. The van der Waals surface area contributed by atoms with Gasteiger partial charge >= 0.3 is 5.97 Å². The first kappa shape index (κ1) is 15.3. The minimum Gasteiger partial charge on any atom is -0.475 e. The Bertz CT molecular complexity index is 663. The fourth-order valence-electron chi connectivity index (χ4n) is 2.32. The molecule has 0 unspecified atom stereocenters. The number of nitrogens with zero attached hydrogens (tertiary/aromatic N) is 1. The van der Waals surface area contributed by atoms with E-state index in [1.807, 2.05) is 38.1 Å². The summed E-state index contributed by atoms with van der Waals surface area (Å²) in [5, 5.41) is 9.27. The van der Waals surface area contributed by atoms with Gasteiger partial charge in [-0.05, 0) is 23.0 Å². The van der Waals surface area contributed by atoms with Crippen molar-refractivity contribution in [3.8, 4) is 11.5 Å². The van der Waals surface area contributed by atoms with E-state index in [9.17, 15) is 9.90 Å². The molecule has 0 fully saturated rings. The zero-order valence-electron chi connectivity index (χ0n) is 13.1. The van der Waals surface area contributed by atoms with Crippen LogP contribution in [0.2, 0.25) is 0 Å². The number of rotatable bonds is 3. The van der Waals surface area contributed by atoms with Gasteiger partial charge in [0.25, 0.3) is 0 Å². The van der Waals surface area contributed by atoms with Crippen LogP contribution in [0.25, 0.3) is 11.5 Å². The van der Waals surface area contributed by atoms with E-state index in [0.717, 1.165) is 11.1 Å². The number of carboxylic acids is 1. The van der Waals surface area contributed by atoms with Crippen LogP contribution >= 0.6 is 0 Å². The molecule has 0 amide bonds. The number of aromatic nitrogens is 1. The molecule has 1 heterocycles. The lowest BCUT2D eigenvalue weighted by atomic mass is 9.84. The Labute approximate surface area is 124 Å². The molecule has 0 bridgehead atoms. The van der Waals surface area contributed by atoms with E-state index in [0.29, 0.717) is 11.6 Å². The zero-order chi connectivity index (χ0) is 15.8. The average molecular weight is 287 g/mol. The highest BCUT2D eigenvalue weighted by Crippen LogP contribution is 2.34. The van der Waals surface area contributed by atoms with Gasteiger partial charge in [-0.1, -0.05) is 52.8 Å². The molecule has 4 nitrogen and oxygen atoms in total. The Kier molecular flexibility index (Phi) is 3.90. The lowest BCUT2D eigenvalue weighted by Crippen LogP contribution is -2.12. The maximum absolute atomic E-state index is 11.3. The van der Waals surface area contributed by atoms with Crippen molar-refractivity contribution >= 4 is 5.97 Å². The molecule has 1 aromatic heterocycles. The van der Waals surface area contributed by atoms with E-state index in [1.165, 1.54) is 0 Å². The monoisotopic (exact) mass is 287 g/mol. The number of oxazole rings is 1. The number of aromatic carboxylic acids is 1. The summed E-state index contributed by atoms with van der Waals surface area (Å²) in [6, 6.07) is 7.82. The first-order valence-corrected chi connectivity index (χ1v) is 7.05. The summed E-state index contributed by atoms with van der Waals surface area (Å²) in [7, 11) is 0. The predicted molar refractivity (Wildman–Crippen MR) is 81.7 cm³/mol. The Morgan fingerprint density at radius 3 is 2.33 bits per heavy atom. The van der Waals surface area contributed by atoms with Crippen LogP contribution < -0.4 is 0 Å². The van der Waals surface area contributed by atoms with Crippen molar-refractivity contribution in [2.75, 3.05) is 0 Å². The topological polar surface area (TPSA) is 63.3 Å². The SMILES string of the molecule is CC(C)c1nc(-c2ccccc2C(C)(C)C)oc1C(=O)O. The molecule has 1 aromatic carbocycles. The van der Waals surface area contributed by atoms with Gasteiger partial charge in [0.05, 0.1) is 5.69 Å². The maximum atomic E-state index is 11.3. The van der Waals surface area contributed by atoms with Crippen molar-refractivity contribution in [2.45, 2.75) is 46.0 Å². The first-order chi connectivity index (χ1) is 9.71. The van der Waals surface area contributed by atoms with Gasteiger partial charge in [0.15, 0.2) is 0 Å². The van der Waals surface area contributed by atoms with E-state index >= 15 is 0 Å². The van der Waals surface area contributed by atoms with Gasteiger partial charge in [0, 0.05) is 5.56 Å². The number of carboxylic acid groups (broad SMARTS) is 1. The highest BCUT2D eigenvalue weighted by atomic mass is 16.4. The van der Waals surface area contributed by atoms with Gasteiger partial charge in [0.1, 0.15) is 0 Å². The molecule has 0 radical (unpaired) electrons. The summed E-state index contributed by atoms with van der Waals surface area (Å²) in [5.41, 5.74) is 2.34. The molecule has 0 aliphatic carbocycles. The third kappa shape index (κ3) is 2.99. The average Bonchev–Trinajstić information content (AvgIpc) is 2.83. The van der Waals surface area contributed by atoms with Crippen LogP contribution in [0.1, 0.15) is 62.3 Å². The molecule has 4 heteroatoms. The highest BCUT2D eigenvalue weighted by molar-refractivity contribution is 5.86. The lowest BCUT2D eigenvalue weighted by Gasteiger charge is -2.21. The van der Waals surface area contributed by atoms with Crippen molar-refractivity contribution in [2.24, 2.45) is 0 Å². The van der Waals surface area contributed by atoms with Crippen molar-refractivity contribution in [1.29, 1.82) is 0 Å². The van der Waals surface area contributed by atoms with E-state index in [2.05, 4.69) is 25.8 Å².